The van der Waals surface area contributed by atoms with Crippen LogP contribution in [0.4, 0.5) is 5.13 Å². The number of aromatic hydroxyl groups is 1. The predicted octanol–water partition coefficient (Wildman–Crippen LogP) is 6.76. The van der Waals surface area contributed by atoms with Crippen LogP contribution in [0, 0.1) is 0 Å². The van der Waals surface area contributed by atoms with Crippen molar-refractivity contribution < 1.29 is 9.84 Å². The lowest BCUT2D eigenvalue weighted by molar-refractivity contribution is 0.408. The number of hydrazone groups is 1. The van der Waals surface area contributed by atoms with E-state index in [0.29, 0.717) is 11.3 Å². The number of ether oxygens (including phenoxy) is 1. The molecule has 35 heavy (non-hydrogen) atoms. The van der Waals surface area contributed by atoms with E-state index in [2.05, 4.69) is 47.5 Å². The van der Waals surface area contributed by atoms with Crippen LogP contribution in [0.3, 0.4) is 0 Å². The number of rotatable bonds is 5. The van der Waals surface area contributed by atoms with Crippen molar-refractivity contribution in [2.45, 2.75) is 38.1 Å². The third-order valence-electron chi connectivity index (χ3n) is 6.95. The summed E-state index contributed by atoms with van der Waals surface area (Å²) < 4.78 is 5.22. The zero-order valence-corrected chi connectivity index (χ0v) is 20.5. The molecule has 1 atom stereocenters. The maximum Gasteiger partial charge on any atom is 0.207 e. The van der Waals surface area contributed by atoms with Gasteiger partial charge in [0.05, 0.1) is 24.6 Å². The topological polar surface area (TPSA) is 58.0 Å². The molecule has 6 heteroatoms. The summed E-state index contributed by atoms with van der Waals surface area (Å²) in [4.78, 5) is 4.89. The number of phenolic OH excluding ortho intramolecular Hbond substituents is 1. The van der Waals surface area contributed by atoms with Crippen molar-refractivity contribution in [1.82, 2.24) is 4.98 Å². The van der Waals surface area contributed by atoms with Crippen molar-refractivity contribution in [3.63, 3.8) is 0 Å². The van der Waals surface area contributed by atoms with Gasteiger partial charge in [-0.25, -0.2) is 9.99 Å². The summed E-state index contributed by atoms with van der Waals surface area (Å²) in [5.41, 5.74) is 7.89. The van der Waals surface area contributed by atoms with Crippen LogP contribution in [0.5, 0.6) is 11.5 Å². The first-order valence-electron chi connectivity index (χ1n) is 12.1. The Kier molecular flexibility index (Phi) is 5.74. The summed E-state index contributed by atoms with van der Waals surface area (Å²) in [7, 11) is 1.59. The molecule has 3 aromatic carbocycles. The Labute approximate surface area is 209 Å². The van der Waals surface area contributed by atoms with Crippen molar-refractivity contribution in [2.75, 3.05) is 12.1 Å². The summed E-state index contributed by atoms with van der Waals surface area (Å²) in [6, 6.07) is 22.8. The molecular formula is C29H27N3O2S. The molecule has 1 aromatic heterocycles. The van der Waals surface area contributed by atoms with Gasteiger partial charge in [0.25, 0.3) is 0 Å². The fourth-order valence-corrected chi connectivity index (χ4v) is 5.88. The Bertz CT molecular complexity index is 1400. The first-order valence-corrected chi connectivity index (χ1v) is 12.9. The van der Waals surface area contributed by atoms with E-state index < -0.39 is 0 Å². The van der Waals surface area contributed by atoms with Gasteiger partial charge in [-0.3, -0.25) is 0 Å². The largest absolute Gasteiger partial charge is 0.507 e. The second-order valence-corrected chi connectivity index (χ2v) is 9.95. The van der Waals surface area contributed by atoms with E-state index in [4.69, 9.17) is 14.8 Å². The molecule has 4 aromatic rings. The van der Waals surface area contributed by atoms with Gasteiger partial charge >= 0.3 is 0 Å². The number of phenols is 1. The maximum atomic E-state index is 10.5. The summed E-state index contributed by atoms with van der Waals surface area (Å²) in [5.74, 6) is 0.769. The molecule has 1 unspecified atom stereocenters. The van der Waals surface area contributed by atoms with Crippen LogP contribution in [0.25, 0.3) is 11.3 Å². The third-order valence-corrected chi connectivity index (χ3v) is 7.78. The van der Waals surface area contributed by atoms with Gasteiger partial charge in [0, 0.05) is 23.4 Å². The molecule has 0 bridgehead atoms. The van der Waals surface area contributed by atoms with Crippen LogP contribution in [-0.4, -0.2) is 22.9 Å². The van der Waals surface area contributed by atoms with Gasteiger partial charge in [-0.05, 0) is 66.1 Å². The van der Waals surface area contributed by atoms with Crippen LogP contribution >= 0.6 is 11.3 Å². The monoisotopic (exact) mass is 481 g/mol. The highest BCUT2D eigenvalue weighted by Gasteiger charge is 2.32. The molecule has 0 amide bonds. The molecule has 6 rings (SSSR count). The van der Waals surface area contributed by atoms with E-state index in [1.54, 1.807) is 24.5 Å². The zero-order chi connectivity index (χ0) is 23.8. The van der Waals surface area contributed by atoms with Gasteiger partial charge in [-0.15, -0.1) is 11.3 Å². The number of aromatic nitrogens is 1. The molecule has 0 saturated carbocycles. The minimum Gasteiger partial charge on any atom is -0.507 e. The van der Waals surface area contributed by atoms with E-state index in [1.165, 1.54) is 41.5 Å². The van der Waals surface area contributed by atoms with Crippen molar-refractivity contribution in [3.05, 3.63) is 94.4 Å². The van der Waals surface area contributed by atoms with Crippen LogP contribution in [-0.2, 0) is 12.8 Å². The van der Waals surface area contributed by atoms with Gasteiger partial charge in [-0.1, -0.05) is 42.5 Å². The molecule has 2 aliphatic rings. The van der Waals surface area contributed by atoms with Crippen LogP contribution in [0.1, 0.15) is 47.6 Å². The average Bonchev–Trinajstić information content (AvgIpc) is 3.57. The average molecular weight is 482 g/mol. The lowest BCUT2D eigenvalue weighted by Gasteiger charge is -2.21. The van der Waals surface area contributed by atoms with Gasteiger partial charge < -0.3 is 9.84 Å². The Balaban J connectivity index is 1.37. The number of methoxy groups -OCH3 is 1. The smallest absolute Gasteiger partial charge is 0.207 e. The number of anilines is 1. The molecule has 0 spiro atoms. The highest BCUT2D eigenvalue weighted by Crippen LogP contribution is 2.41. The molecule has 0 fully saturated rings. The number of hydrogen-bond donors (Lipinski definition) is 1. The molecule has 0 saturated heterocycles. The van der Waals surface area contributed by atoms with Gasteiger partial charge in [0.2, 0.25) is 5.13 Å². The first-order chi connectivity index (χ1) is 17.2. The number of benzene rings is 3. The van der Waals surface area contributed by atoms with Crippen molar-refractivity contribution in [1.29, 1.82) is 0 Å². The van der Waals surface area contributed by atoms with Crippen molar-refractivity contribution >= 4 is 22.2 Å². The fourth-order valence-electron chi connectivity index (χ4n) is 5.06. The Morgan fingerprint density at radius 2 is 1.80 bits per heavy atom. The van der Waals surface area contributed by atoms with E-state index in [1.807, 2.05) is 23.6 Å². The normalized spacial score (nSPS) is 17.2. The van der Waals surface area contributed by atoms with E-state index in [-0.39, 0.29) is 11.8 Å². The quantitative estimate of drug-likeness (QED) is 0.342. The van der Waals surface area contributed by atoms with Gasteiger partial charge in [0.1, 0.15) is 11.5 Å². The highest BCUT2D eigenvalue weighted by molar-refractivity contribution is 7.14. The van der Waals surface area contributed by atoms with Crippen molar-refractivity contribution in [2.24, 2.45) is 5.10 Å². The second-order valence-electron chi connectivity index (χ2n) is 9.11. The lowest BCUT2D eigenvalue weighted by Crippen LogP contribution is -2.18. The number of fused-ring (bicyclic) bond motifs is 1. The van der Waals surface area contributed by atoms with Crippen molar-refractivity contribution in [3.8, 4) is 22.8 Å². The third kappa shape index (κ3) is 4.19. The second kappa shape index (κ2) is 9.19. The Morgan fingerprint density at radius 3 is 2.60 bits per heavy atom. The SMILES string of the molecule is COc1ccc(-c2csc(N3N=C(c4ccc5c(c4)CCCC5)CC3c3ccccc3)n2)c(O)c1. The molecule has 5 nitrogen and oxygen atoms in total. The number of thiazole rings is 1. The Hall–Kier alpha value is -3.64. The maximum absolute atomic E-state index is 10.5. The summed E-state index contributed by atoms with van der Waals surface area (Å²) in [6.07, 6.45) is 5.71. The number of hydrogen-bond acceptors (Lipinski definition) is 6. The zero-order valence-electron chi connectivity index (χ0n) is 19.6. The molecular weight excluding hydrogens is 454 g/mol. The highest BCUT2D eigenvalue weighted by atomic mass is 32.1. The Morgan fingerprint density at radius 1 is 0.971 bits per heavy atom. The number of nitrogens with zero attached hydrogens (tertiary/aromatic N) is 3. The summed E-state index contributed by atoms with van der Waals surface area (Å²) >= 11 is 1.54. The molecule has 1 aliphatic carbocycles. The van der Waals surface area contributed by atoms with E-state index >= 15 is 0 Å². The summed E-state index contributed by atoms with van der Waals surface area (Å²) in [6.45, 7) is 0. The van der Waals surface area contributed by atoms with Crippen LogP contribution in [0.2, 0.25) is 0 Å². The lowest BCUT2D eigenvalue weighted by atomic mass is 9.89. The molecule has 176 valence electrons. The first kappa shape index (κ1) is 21.9. The molecule has 0 radical (unpaired) electrons. The van der Waals surface area contributed by atoms with Gasteiger partial charge in [-0.2, -0.15) is 5.10 Å². The molecule has 1 N–H and O–H groups in total. The molecule has 1 aliphatic heterocycles. The molecule has 2 heterocycles. The fraction of sp³-hybridized carbons (Fsp3) is 0.241. The predicted molar refractivity (Wildman–Crippen MR) is 142 cm³/mol. The van der Waals surface area contributed by atoms with E-state index in [9.17, 15) is 5.11 Å². The summed E-state index contributed by atoms with van der Waals surface area (Å²) in [5, 5.41) is 20.5. The van der Waals surface area contributed by atoms with Gasteiger partial charge in [0.15, 0.2) is 0 Å². The number of aryl methyl sites for hydroxylation is 2. The standard InChI is InChI=1S/C29H27N3O2S/c1-34-23-13-14-24(28(33)16-23)26-18-35-29(30-26)32-27(20-8-3-2-4-9-20)17-25(31-32)22-12-11-19-7-5-6-10-21(19)15-22/h2-4,8-9,11-16,18,27,33H,5-7,10,17H2,1H3. The minimum absolute atomic E-state index is 0.0747. The van der Waals surface area contributed by atoms with Crippen LogP contribution < -0.4 is 9.75 Å². The minimum atomic E-state index is 0.0747. The van der Waals surface area contributed by atoms with Crippen LogP contribution in [0.15, 0.2) is 77.2 Å². The van der Waals surface area contributed by atoms with E-state index in [0.717, 1.165) is 29.4 Å².